The van der Waals surface area contributed by atoms with Gasteiger partial charge in [0.05, 0.1) is 23.5 Å². The van der Waals surface area contributed by atoms with Crippen molar-refractivity contribution >= 4 is 46.4 Å². The molecule has 1 fully saturated rings. The van der Waals surface area contributed by atoms with Crippen LogP contribution in [0.2, 0.25) is 5.02 Å². The van der Waals surface area contributed by atoms with Crippen molar-refractivity contribution in [1.82, 2.24) is 4.90 Å². The minimum Gasteiger partial charge on any atom is -0.492 e. The molecule has 0 radical (unpaired) electrons. The molecule has 0 unspecified atom stereocenters. The van der Waals surface area contributed by atoms with Gasteiger partial charge in [0.15, 0.2) is 11.6 Å². The van der Waals surface area contributed by atoms with Crippen LogP contribution in [0.1, 0.15) is 5.56 Å². The molecule has 4 rings (SSSR count). The van der Waals surface area contributed by atoms with Crippen LogP contribution in [0.15, 0.2) is 60.7 Å². The number of halogens is 2. The number of benzene rings is 3. The molecule has 4 amide bonds. The van der Waals surface area contributed by atoms with Crippen LogP contribution < -0.4 is 25.6 Å². The fourth-order valence-electron chi connectivity index (χ4n) is 3.94. The third-order valence-corrected chi connectivity index (χ3v) is 6.16. The second-order valence-electron chi connectivity index (χ2n) is 8.33. The Morgan fingerprint density at radius 2 is 1.64 bits per heavy atom. The zero-order valence-corrected chi connectivity index (χ0v) is 20.7. The lowest BCUT2D eigenvalue weighted by Gasteiger charge is -2.36. The van der Waals surface area contributed by atoms with E-state index in [-0.39, 0.29) is 17.5 Å². The van der Waals surface area contributed by atoms with E-state index in [1.54, 1.807) is 29.2 Å². The van der Waals surface area contributed by atoms with E-state index in [4.69, 9.17) is 16.3 Å². The zero-order chi connectivity index (χ0) is 25.7. The fourth-order valence-corrected chi connectivity index (χ4v) is 4.22. The molecule has 0 spiro atoms. The second kappa shape index (κ2) is 11.2. The SMILES string of the molecule is COc1c(F)cccc1NC(=O)Nc1ccc(N2CCN(C(=O)Nc3ccc(C)cc3Cl)CC2)cc1. The van der Waals surface area contributed by atoms with Crippen molar-refractivity contribution in [3.05, 3.63) is 77.1 Å². The van der Waals surface area contributed by atoms with Crippen LogP contribution >= 0.6 is 11.6 Å². The number of nitrogens with zero attached hydrogens (tertiary/aromatic N) is 2. The largest absolute Gasteiger partial charge is 0.492 e. The van der Waals surface area contributed by atoms with Crippen LogP contribution in [0.5, 0.6) is 5.75 Å². The normalized spacial score (nSPS) is 13.2. The van der Waals surface area contributed by atoms with E-state index in [0.717, 1.165) is 11.3 Å². The summed E-state index contributed by atoms with van der Waals surface area (Å²) in [6.45, 7) is 4.40. The number of ether oxygens (including phenoxy) is 1. The summed E-state index contributed by atoms with van der Waals surface area (Å²) >= 11 is 6.23. The molecule has 8 nitrogen and oxygen atoms in total. The number of carbonyl (C=O) groups excluding carboxylic acids is 2. The molecule has 1 aliphatic rings. The lowest BCUT2D eigenvalue weighted by atomic mass is 10.2. The van der Waals surface area contributed by atoms with Gasteiger partial charge in [-0.05, 0) is 61.0 Å². The Kier molecular flexibility index (Phi) is 7.80. The van der Waals surface area contributed by atoms with Crippen molar-refractivity contribution in [2.75, 3.05) is 54.1 Å². The molecular formula is C26H27ClFN5O3. The van der Waals surface area contributed by atoms with Gasteiger partial charge in [0, 0.05) is 37.6 Å². The standard InChI is InChI=1S/C26H27ClFN5O3/c1-17-6-11-22(20(27)16-17)31-26(35)33-14-12-32(13-15-33)19-9-7-18(8-10-19)29-25(34)30-23-5-3-4-21(28)24(23)36-2/h3-11,16H,12-15H2,1-2H3,(H,31,35)(H2,29,30,34). The molecule has 10 heteroatoms. The van der Waals surface area contributed by atoms with Crippen molar-refractivity contribution < 1.29 is 18.7 Å². The molecule has 3 aromatic rings. The number of para-hydroxylation sites is 1. The van der Waals surface area contributed by atoms with E-state index >= 15 is 0 Å². The van der Waals surface area contributed by atoms with Gasteiger partial charge in [-0.2, -0.15) is 0 Å². The second-order valence-corrected chi connectivity index (χ2v) is 8.74. The van der Waals surface area contributed by atoms with E-state index in [2.05, 4.69) is 20.9 Å². The molecule has 0 aliphatic carbocycles. The summed E-state index contributed by atoms with van der Waals surface area (Å²) in [5.74, 6) is -0.589. The average molecular weight is 512 g/mol. The molecule has 0 saturated carbocycles. The first kappa shape index (κ1) is 25.1. The summed E-state index contributed by atoms with van der Waals surface area (Å²) in [6, 6.07) is 16.5. The Morgan fingerprint density at radius 3 is 2.31 bits per heavy atom. The molecule has 0 aromatic heterocycles. The maximum atomic E-state index is 13.8. The number of hydrogen-bond acceptors (Lipinski definition) is 4. The van der Waals surface area contributed by atoms with Gasteiger partial charge in [-0.1, -0.05) is 23.7 Å². The Bertz CT molecular complexity index is 1250. The molecule has 1 saturated heterocycles. The number of carbonyl (C=O) groups is 2. The van der Waals surface area contributed by atoms with Crippen LogP contribution in [-0.2, 0) is 0 Å². The fraction of sp³-hybridized carbons (Fsp3) is 0.231. The molecule has 188 valence electrons. The number of aryl methyl sites for hydroxylation is 1. The number of methoxy groups -OCH3 is 1. The first-order valence-electron chi connectivity index (χ1n) is 11.4. The third kappa shape index (κ3) is 5.98. The van der Waals surface area contributed by atoms with Crippen LogP contribution in [0, 0.1) is 12.7 Å². The van der Waals surface area contributed by atoms with Gasteiger partial charge in [-0.15, -0.1) is 0 Å². The molecular weight excluding hydrogens is 485 g/mol. The Morgan fingerprint density at radius 1 is 0.917 bits per heavy atom. The maximum absolute atomic E-state index is 13.8. The van der Waals surface area contributed by atoms with Crippen molar-refractivity contribution in [3.8, 4) is 5.75 Å². The highest BCUT2D eigenvalue weighted by Gasteiger charge is 2.22. The number of rotatable bonds is 5. The molecule has 1 heterocycles. The van der Waals surface area contributed by atoms with Gasteiger partial charge in [-0.3, -0.25) is 0 Å². The highest BCUT2D eigenvalue weighted by molar-refractivity contribution is 6.33. The summed E-state index contributed by atoms with van der Waals surface area (Å²) in [7, 11) is 1.34. The summed E-state index contributed by atoms with van der Waals surface area (Å²) in [6.07, 6.45) is 0. The smallest absolute Gasteiger partial charge is 0.323 e. The van der Waals surface area contributed by atoms with Crippen LogP contribution in [-0.4, -0.2) is 50.3 Å². The quantitative estimate of drug-likeness (QED) is 0.404. The summed E-state index contributed by atoms with van der Waals surface area (Å²) in [5.41, 5.74) is 3.42. The van der Waals surface area contributed by atoms with Gasteiger partial charge in [0.2, 0.25) is 0 Å². The van der Waals surface area contributed by atoms with Gasteiger partial charge in [0.25, 0.3) is 0 Å². The summed E-state index contributed by atoms with van der Waals surface area (Å²) < 4.78 is 18.8. The Balaban J connectivity index is 1.28. The van der Waals surface area contributed by atoms with E-state index < -0.39 is 11.8 Å². The topological polar surface area (TPSA) is 85.9 Å². The highest BCUT2D eigenvalue weighted by atomic mass is 35.5. The Hall–Kier alpha value is -3.98. The van der Waals surface area contributed by atoms with Gasteiger partial charge in [0.1, 0.15) is 0 Å². The van der Waals surface area contributed by atoms with Crippen molar-refractivity contribution in [3.63, 3.8) is 0 Å². The summed E-state index contributed by atoms with van der Waals surface area (Å²) in [4.78, 5) is 28.9. The number of amides is 4. The maximum Gasteiger partial charge on any atom is 0.323 e. The van der Waals surface area contributed by atoms with Crippen LogP contribution in [0.25, 0.3) is 0 Å². The molecule has 3 aromatic carbocycles. The molecule has 0 atom stereocenters. The monoisotopic (exact) mass is 511 g/mol. The van der Waals surface area contributed by atoms with E-state index in [1.807, 2.05) is 31.2 Å². The van der Waals surface area contributed by atoms with E-state index in [0.29, 0.717) is 42.6 Å². The van der Waals surface area contributed by atoms with Gasteiger partial charge >= 0.3 is 12.1 Å². The number of nitrogens with one attached hydrogen (secondary N) is 3. The van der Waals surface area contributed by atoms with Crippen molar-refractivity contribution in [1.29, 1.82) is 0 Å². The van der Waals surface area contributed by atoms with Gasteiger partial charge < -0.3 is 30.5 Å². The number of hydrogen-bond donors (Lipinski definition) is 3. The molecule has 0 bridgehead atoms. The van der Waals surface area contributed by atoms with Crippen LogP contribution in [0.4, 0.5) is 36.7 Å². The first-order chi connectivity index (χ1) is 17.3. The van der Waals surface area contributed by atoms with Crippen molar-refractivity contribution in [2.24, 2.45) is 0 Å². The van der Waals surface area contributed by atoms with E-state index in [1.165, 1.54) is 19.2 Å². The van der Waals surface area contributed by atoms with Crippen molar-refractivity contribution in [2.45, 2.75) is 6.92 Å². The lowest BCUT2D eigenvalue weighted by Crippen LogP contribution is -2.50. The number of anilines is 4. The average Bonchev–Trinajstić information content (AvgIpc) is 2.86. The molecule has 3 N–H and O–H groups in total. The Labute approximate surface area is 214 Å². The van der Waals surface area contributed by atoms with Gasteiger partial charge in [-0.25, -0.2) is 14.0 Å². The zero-order valence-electron chi connectivity index (χ0n) is 20.0. The summed E-state index contributed by atoms with van der Waals surface area (Å²) in [5, 5.41) is 8.71. The van der Waals surface area contributed by atoms with Crippen LogP contribution in [0.3, 0.4) is 0 Å². The first-order valence-corrected chi connectivity index (χ1v) is 11.8. The molecule has 1 aliphatic heterocycles. The number of piperazine rings is 1. The predicted molar refractivity (Wildman–Crippen MR) is 141 cm³/mol. The third-order valence-electron chi connectivity index (χ3n) is 5.84. The van der Waals surface area contributed by atoms with E-state index in [9.17, 15) is 14.0 Å². The minimum absolute atomic E-state index is 0.0298. The number of urea groups is 2. The molecule has 36 heavy (non-hydrogen) atoms. The lowest BCUT2D eigenvalue weighted by molar-refractivity contribution is 0.208. The minimum atomic E-state index is -0.559. The highest BCUT2D eigenvalue weighted by Crippen LogP contribution is 2.28. The predicted octanol–water partition coefficient (Wildman–Crippen LogP) is 5.79.